The van der Waals surface area contributed by atoms with Crippen molar-refractivity contribution in [2.24, 2.45) is 0 Å². The van der Waals surface area contributed by atoms with Crippen molar-refractivity contribution in [2.75, 3.05) is 7.11 Å². The molecule has 0 spiro atoms. The quantitative estimate of drug-likeness (QED) is 0.639. The Morgan fingerprint density at radius 1 is 1.15 bits per heavy atom. The van der Waals surface area contributed by atoms with Gasteiger partial charge in [0.25, 0.3) is 5.91 Å². The largest absolute Gasteiger partial charge is 0.496 e. The van der Waals surface area contributed by atoms with E-state index in [1.807, 2.05) is 48.5 Å². The number of benzene rings is 2. The average Bonchev–Trinajstić information content (AvgIpc) is 3.15. The summed E-state index contributed by atoms with van der Waals surface area (Å²) in [5.74, 6) is 1.21. The molecule has 3 rings (SSSR count). The number of amides is 1. The van der Waals surface area contributed by atoms with Gasteiger partial charge in [-0.05, 0) is 36.4 Å². The lowest BCUT2D eigenvalue weighted by Gasteiger charge is -2.08. The molecule has 1 amide bonds. The van der Waals surface area contributed by atoms with E-state index >= 15 is 0 Å². The van der Waals surface area contributed by atoms with E-state index in [1.54, 1.807) is 24.1 Å². The summed E-state index contributed by atoms with van der Waals surface area (Å²) in [4.78, 5) is 12.3. The lowest BCUT2D eigenvalue weighted by atomic mass is 10.2. The third kappa shape index (κ3) is 4.64. The van der Waals surface area contributed by atoms with Gasteiger partial charge in [-0.15, -0.1) is 0 Å². The van der Waals surface area contributed by atoms with Crippen molar-refractivity contribution in [3.63, 3.8) is 0 Å². The van der Waals surface area contributed by atoms with Crippen LogP contribution in [0.5, 0.6) is 11.5 Å². The molecular weight excluding hydrogens is 398 g/mol. The smallest absolute Gasteiger partial charge is 0.272 e. The highest BCUT2D eigenvalue weighted by Crippen LogP contribution is 2.17. The second-order valence-corrected chi connectivity index (χ2v) is 6.38. The highest BCUT2D eigenvalue weighted by Gasteiger charge is 2.10. The maximum absolute atomic E-state index is 12.3. The van der Waals surface area contributed by atoms with Crippen LogP contribution in [0.2, 0.25) is 0 Å². The van der Waals surface area contributed by atoms with E-state index in [0.717, 1.165) is 21.5 Å². The zero-order valence-corrected chi connectivity index (χ0v) is 15.8. The topological polar surface area (TPSA) is 65.4 Å². The summed E-state index contributed by atoms with van der Waals surface area (Å²) < 4.78 is 13.5. The molecule has 0 unspecified atom stereocenters. The molecule has 1 N–H and O–H groups in total. The summed E-state index contributed by atoms with van der Waals surface area (Å²) in [5, 5.41) is 7.08. The Morgan fingerprint density at radius 2 is 1.92 bits per heavy atom. The molecule has 26 heavy (non-hydrogen) atoms. The predicted molar refractivity (Wildman–Crippen MR) is 101 cm³/mol. The van der Waals surface area contributed by atoms with Crippen LogP contribution in [0.4, 0.5) is 0 Å². The van der Waals surface area contributed by atoms with Crippen LogP contribution >= 0.6 is 15.9 Å². The maximum Gasteiger partial charge on any atom is 0.272 e. The van der Waals surface area contributed by atoms with Crippen molar-refractivity contribution < 1.29 is 14.3 Å². The fourth-order valence-corrected chi connectivity index (χ4v) is 2.61. The Hall–Kier alpha value is -2.80. The number of aromatic nitrogens is 2. The lowest BCUT2D eigenvalue weighted by molar-refractivity contribution is 0.0943. The van der Waals surface area contributed by atoms with Crippen molar-refractivity contribution in [2.45, 2.75) is 13.3 Å². The van der Waals surface area contributed by atoms with Gasteiger partial charge < -0.3 is 14.8 Å². The SMILES string of the molecule is COc1ccccc1CNC(=O)c1ccn(COc2ccc(Br)cc2)n1. The molecule has 6 nitrogen and oxygen atoms in total. The molecule has 134 valence electrons. The normalized spacial score (nSPS) is 10.4. The van der Waals surface area contributed by atoms with Crippen LogP contribution < -0.4 is 14.8 Å². The number of hydrogen-bond donors (Lipinski definition) is 1. The van der Waals surface area contributed by atoms with E-state index in [-0.39, 0.29) is 12.6 Å². The molecular formula is C19H18BrN3O3. The van der Waals surface area contributed by atoms with Crippen molar-refractivity contribution in [3.05, 3.63) is 76.5 Å². The van der Waals surface area contributed by atoms with Crippen molar-refractivity contribution in [1.82, 2.24) is 15.1 Å². The van der Waals surface area contributed by atoms with Crippen LogP contribution in [0.3, 0.4) is 0 Å². The number of carbonyl (C=O) groups excluding carboxylic acids is 1. The molecule has 0 aliphatic rings. The molecule has 0 fully saturated rings. The zero-order valence-electron chi connectivity index (χ0n) is 14.2. The summed E-state index contributed by atoms with van der Waals surface area (Å²) in [7, 11) is 1.60. The number of methoxy groups -OCH3 is 1. The first-order valence-corrected chi connectivity index (χ1v) is 8.77. The van der Waals surface area contributed by atoms with Gasteiger partial charge in [0.05, 0.1) is 7.11 Å². The fraction of sp³-hybridized carbons (Fsp3) is 0.158. The molecule has 3 aromatic rings. The number of carbonyl (C=O) groups is 1. The number of hydrogen-bond acceptors (Lipinski definition) is 4. The van der Waals surface area contributed by atoms with Crippen molar-refractivity contribution in [1.29, 1.82) is 0 Å². The van der Waals surface area contributed by atoms with E-state index in [0.29, 0.717) is 12.2 Å². The number of para-hydroxylation sites is 1. The number of rotatable bonds is 7. The van der Waals surface area contributed by atoms with Gasteiger partial charge in [0.15, 0.2) is 6.73 Å². The van der Waals surface area contributed by atoms with E-state index in [2.05, 4.69) is 26.3 Å². The number of halogens is 1. The summed E-state index contributed by atoms with van der Waals surface area (Å²) in [6.07, 6.45) is 1.71. The summed E-state index contributed by atoms with van der Waals surface area (Å²) in [6, 6.07) is 16.7. The third-order valence-corrected chi connectivity index (χ3v) is 4.21. The first kappa shape index (κ1) is 18.0. The Bertz CT molecular complexity index is 878. The fourth-order valence-electron chi connectivity index (χ4n) is 2.34. The molecule has 0 saturated carbocycles. The molecule has 0 aliphatic heterocycles. The van der Waals surface area contributed by atoms with Crippen LogP contribution in [0, 0.1) is 0 Å². The average molecular weight is 416 g/mol. The molecule has 1 aromatic heterocycles. The predicted octanol–water partition coefficient (Wildman–Crippen LogP) is 3.62. The monoisotopic (exact) mass is 415 g/mol. The molecule has 0 radical (unpaired) electrons. The Kier molecular flexibility index (Phi) is 5.91. The second-order valence-electron chi connectivity index (χ2n) is 5.46. The first-order chi connectivity index (χ1) is 12.7. The molecule has 0 bridgehead atoms. The number of ether oxygens (including phenoxy) is 2. The summed E-state index contributed by atoms with van der Waals surface area (Å²) in [6.45, 7) is 0.590. The Balaban J connectivity index is 1.55. The van der Waals surface area contributed by atoms with Crippen LogP contribution in [0.15, 0.2) is 65.3 Å². The minimum absolute atomic E-state index is 0.224. The van der Waals surface area contributed by atoms with Gasteiger partial charge in [0.1, 0.15) is 17.2 Å². The molecule has 0 aliphatic carbocycles. The van der Waals surface area contributed by atoms with Crippen LogP contribution in [0.25, 0.3) is 0 Å². The van der Waals surface area contributed by atoms with Crippen LogP contribution in [-0.4, -0.2) is 22.8 Å². The molecule has 0 atom stereocenters. The number of nitrogens with zero attached hydrogens (tertiary/aromatic N) is 2. The molecule has 0 saturated heterocycles. The van der Waals surface area contributed by atoms with Gasteiger partial charge in [0, 0.05) is 22.8 Å². The molecule has 2 aromatic carbocycles. The van der Waals surface area contributed by atoms with Gasteiger partial charge in [-0.3, -0.25) is 4.79 Å². The third-order valence-electron chi connectivity index (χ3n) is 3.68. The van der Waals surface area contributed by atoms with Crippen LogP contribution in [0.1, 0.15) is 16.1 Å². The van der Waals surface area contributed by atoms with Gasteiger partial charge in [-0.2, -0.15) is 5.10 Å². The minimum Gasteiger partial charge on any atom is -0.496 e. The van der Waals surface area contributed by atoms with Crippen LogP contribution in [-0.2, 0) is 13.3 Å². The highest BCUT2D eigenvalue weighted by atomic mass is 79.9. The Morgan fingerprint density at radius 3 is 2.69 bits per heavy atom. The zero-order chi connectivity index (χ0) is 18.4. The van der Waals surface area contributed by atoms with E-state index in [1.165, 1.54) is 0 Å². The van der Waals surface area contributed by atoms with E-state index in [9.17, 15) is 4.79 Å². The highest BCUT2D eigenvalue weighted by molar-refractivity contribution is 9.10. The van der Waals surface area contributed by atoms with Crippen molar-refractivity contribution >= 4 is 21.8 Å². The van der Waals surface area contributed by atoms with E-state index in [4.69, 9.17) is 9.47 Å². The summed E-state index contributed by atoms with van der Waals surface area (Å²) in [5.41, 5.74) is 1.24. The second kappa shape index (κ2) is 8.53. The Labute approximate surface area is 159 Å². The molecule has 7 heteroatoms. The van der Waals surface area contributed by atoms with Gasteiger partial charge in [-0.25, -0.2) is 4.68 Å². The van der Waals surface area contributed by atoms with Gasteiger partial charge in [0.2, 0.25) is 0 Å². The minimum atomic E-state index is -0.252. The van der Waals surface area contributed by atoms with Gasteiger partial charge in [-0.1, -0.05) is 34.1 Å². The van der Waals surface area contributed by atoms with Gasteiger partial charge >= 0.3 is 0 Å². The summed E-state index contributed by atoms with van der Waals surface area (Å²) >= 11 is 3.38. The maximum atomic E-state index is 12.3. The van der Waals surface area contributed by atoms with Crippen molar-refractivity contribution in [3.8, 4) is 11.5 Å². The lowest BCUT2D eigenvalue weighted by Crippen LogP contribution is -2.24. The van der Waals surface area contributed by atoms with E-state index < -0.39 is 0 Å². The first-order valence-electron chi connectivity index (χ1n) is 7.97. The molecule has 1 heterocycles. The number of nitrogens with one attached hydrogen (secondary N) is 1. The standard InChI is InChI=1S/C19H18BrN3O3/c1-25-18-5-3-2-4-14(18)12-21-19(24)17-10-11-23(22-17)13-26-16-8-6-15(20)7-9-16/h2-11H,12-13H2,1H3,(H,21,24).